The van der Waals surface area contributed by atoms with Crippen LogP contribution >= 0.6 is 0 Å². The lowest BCUT2D eigenvalue weighted by molar-refractivity contribution is -0.182. The Balaban J connectivity index is 1.64. The smallest absolute Gasteiger partial charge is 0.229 e. The van der Waals surface area contributed by atoms with Crippen molar-refractivity contribution in [3.63, 3.8) is 0 Å². The van der Waals surface area contributed by atoms with Crippen molar-refractivity contribution in [3.05, 3.63) is 0 Å². The molecule has 4 nitrogen and oxygen atoms in total. The maximum atomic E-state index is 13.6. The molecule has 4 saturated carbocycles. The van der Waals surface area contributed by atoms with E-state index in [9.17, 15) is 9.90 Å². The Morgan fingerprint density at radius 3 is 2.26 bits per heavy atom. The maximum absolute atomic E-state index is 13.6. The third-order valence-corrected chi connectivity index (χ3v) is 7.10. The lowest BCUT2D eigenvalue weighted by Crippen LogP contribution is -2.62. The molecule has 0 unspecified atom stereocenters. The molecule has 1 heterocycles. The van der Waals surface area contributed by atoms with Gasteiger partial charge in [0.1, 0.15) is 0 Å². The summed E-state index contributed by atoms with van der Waals surface area (Å²) in [6.45, 7) is 8.36. The lowest BCUT2D eigenvalue weighted by Gasteiger charge is -2.65. The van der Waals surface area contributed by atoms with E-state index in [1.165, 1.54) is 19.3 Å². The van der Waals surface area contributed by atoms with Crippen molar-refractivity contribution in [3.8, 4) is 0 Å². The number of hydrogen-bond acceptors (Lipinski definition) is 3. The van der Waals surface area contributed by atoms with Gasteiger partial charge in [-0.2, -0.15) is 0 Å². The average molecular weight is 321 g/mol. The number of carbonyl (C=O) groups excluding carboxylic acids is 1. The minimum Gasteiger partial charge on any atom is -0.388 e. The van der Waals surface area contributed by atoms with Crippen LogP contribution in [0.3, 0.4) is 0 Å². The third-order valence-electron chi connectivity index (χ3n) is 7.10. The monoisotopic (exact) mass is 321 g/mol. The molecule has 0 aromatic heterocycles. The minimum absolute atomic E-state index is 0.152. The zero-order valence-electron chi connectivity index (χ0n) is 14.8. The molecule has 1 amide bonds. The van der Waals surface area contributed by atoms with Gasteiger partial charge in [0.25, 0.3) is 0 Å². The Morgan fingerprint density at radius 1 is 1.13 bits per heavy atom. The summed E-state index contributed by atoms with van der Waals surface area (Å²) in [5.41, 5.74) is 0.503. The molecule has 4 atom stereocenters. The highest BCUT2D eigenvalue weighted by atomic mass is 16.5. The van der Waals surface area contributed by atoms with Gasteiger partial charge in [-0.25, -0.2) is 0 Å². The molecular formula is C19H31NO3. The van der Waals surface area contributed by atoms with Crippen LogP contribution in [-0.4, -0.2) is 47.8 Å². The molecule has 4 aliphatic carbocycles. The molecule has 5 aliphatic rings. The largest absolute Gasteiger partial charge is 0.388 e. The van der Waals surface area contributed by atoms with Crippen LogP contribution in [0.15, 0.2) is 0 Å². The molecule has 4 heteroatoms. The van der Waals surface area contributed by atoms with Crippen LogP contribution in [0.4, 0.5) is 0 Å². The first-order valence-electron chi connectivity index (χ1n) is 9.35. The first-order chi connectivity index (χ1) is 10.8. The van der Waals surface area contributed by atoms with Crippen molar-refractivity contribution < 1.29 is 14.6 Å². The van der Waals surface area contributed by atoms with Gasteiger partial charge in [0.15, 0.2) is 0 Å². The molecule has 0 spiro atoms. The summed E-state index contributed by atoms with van der Waals surface area (Å²) in [4.78, 5) is 15.5. The summed E-state index contributed by atoms with van der Waals surface area (Å²) >= 11 is 0. The topological polar surface area (TPSA) is 49.8 Å². The van der Waals surface area contributed by atoms with Crippen LogP contribution in [0, 0.1) is 22.2 Å². The number of likely N-dealkylation sites (N-methyl/N-ethyl adjacent to an activating group) is 1. The number of carbonyl (C=O) groups is 1. The van der Waals surface area contributed by atoms with Crippen molar-refractivity contribution in [1.82, 2.24) is 4.90 Å². The highest BCUT2D eigenvalue weighted by molar-refractivity contribution is 5.84. The standard InChI is InChI=1S/C19H31NO3/c1-4-20(14-8-23-9-15(14)21)16(22)19-7-13-5-17(2,11-19)10-18(3,6-13)12-19/h13-15,21H,4-12H2,1-3H3/t13?,14-,15-,17-,18-,19?/m0/s1. The summed E-state index contributed by atoms with van der Waals surface area (Å²) in [7, 11) is 0. The molecule has 1 N–H and O–H groups in total. The predicted octanol–water partition coefficient (Wildman–Crippen LogP) is 2.59. The summed E-state index contributed by atoms with van der Waals surface area (Å²) in [5.74, 6) is 1.02. The third kappa shape index (κ3) is 2.36. The highest BCUT2D eigenvalue weighted by Crippen LogP contribution is 2.69. The Morgan fingerprint density at radius 2 is 1.78 bits per heavy atom. The lowest BCUT2D eigenvalue weighted by atomic mass is 9.40. The number of aliphatic hydroxyl groups excluding tert-OH is 1. The Kier molecular flexibility index (Phi) is 3.42. The molecule has 0 radical (unpaired) electrons. The first kappa shape index (κ1) is 15.9. The van der Waals surface area contributed by atoms with Gasteiger partial charge in [0.2, 0.25) is 5.91 Å². The van der Waals surface area contributed by atoms with Crippen LogP contribution in [0.5, 0.6) is 0 Å². The van der Waals surface area contributed by atoms with Gasteiger partial charge in [-0.3, -0.25) is 4.79 Å². The Bertz CT molecular complexity index is 501. The second kappa shape index (κ2) is 4.95. The van der Waals surface area contributed by atoms with E-state index in [-0.39, 0.29) is 11.5 Å². The fraction of sp³-hybridized carbons (Fsp3) is 0.947. The fourth-order valence-electron chi connectivity index (χ4n) is 7.35. The number of nitrogens with zero attached hydrogens (tertiary/aromatic N) is 1. The SMILES string of the molecule is CCN(C(=O)C12CC3C[C@](C)(C1)C[C@](C)(C3)C2)[C@H]1COC[C@@H]1O. The van der Waals surface area contributed by atoms with Crippen LogP contribution < -0.4 is 0 Å². The van der Waals surface area contributed by atoms with E-state index in [0.717, 1.165) is 19.3 Å². The van der Waals surface area contributed by atoms with Crippen molar-refractivity contribution in [2.75, 3.05) is 19.8 Å². The van der Waals surface area contributed by atoms with Gasteiger partial charge < -0.3 is 14.7 Å². The van der Waals surface area contributed by atoms with E-state index in [4.69, 9.17) is 4.74 Å². The van der Waals surface area contributed by atoms with Gasteiger partial charge in [-0.15, -0.1) is 0 Å². The molecule has 130 valence electrons. The van der Waals surface area contributed by atoms with Crippen LogP contribution in [0.2, 0.25) is 0 Å². The van der Waals surface area contributed by atoms with Gasteiger partial charge in [0, 0.05) is 6.54 Å². The number of hydrogen-bond donors (Lipinski definition) is 1. The number of amides is 1. The second-order valence-electron chi connectivity index (χ2n) is 9.67. The van der Waals surface area contributed by atoms with E-state index < -0.39 is 6.10 Å². The Hall–Kier alpha value is -0.610. The molecule has 1 aliphatic heterocycles. The molecule has 0 aromatic carbocycles. The normalized spacial score (nSPS) is 51.2. The van der Waals surface area contributed by atoms with Crippen molar-refractivity contribution in [2.45, 2.75) is 71.4 Å². The van der Waals surface area contributed by atoms with Gasteiger partial charge in [0.05, 0.1) is 30.8 Å². The van der Waals surface area contributed by atoms with Crippen molar-refractivity contribution >= 4 is 5.91 Å². The molecule has 0 aromatic rings. The zero-order chi connectivity index (χ0) is 16.5. The highest BCUT2D eigenvalue weighted by Gasteiger charge is 2.63. The van der Waals surface area contributed by atoms with Crippen LogP contribution in [-0.2, 0) is 9.53 Å². The molecule has 4 bridgehead atoms. The van der Waals surface area contributed by atoms with E-state index in [2.05, 4.69) is 13.8 Å². The number of ether oxygens (including phenoxy) is 1. The number of rotatable bonds is 3. The number of aliphatic hydroxyl groups is 1. The molecule has 1 saturated heterocycles. The van der Waals surface area contributed by atoms with Gasteiger partial charge >= 0.3 is 0 Å². The summed E-state index contributed by atoms with van der Waals surface area (Å²) in [5, 5.41) is 10.2. The summed E-state index contributed by atoms with van der Waals surface area (Å²) in [6, 6.07) is -0.152. The maximum Gasteiger partial charge on any atom is 0.229 e. The summed E-state index contributed by atoms with van der Waals surface area (Å²) < 4.78 is 5.42. The van der Waals surface area contributed by atoms with Crippen molar-refractivity contribution in [1.29, 1.82) is 0 Å². The molecule has 23 heavy (non-hydrogen) atoms. The summed E-state index contributed by atoms with van der Waals surface area (Å²) in [6.07, 6.45) is 6.52. The van der Waals surface area contributed by atoms with Gasteiger partial charge in [-0.05, 0) is 62.2 Å². The van der Waals surface area contributed by atoms with E-state index in [1.807, 2.05) is 11.8 Å². The van der Waals surface area contributed by atoms with Crippen LogP contribution in [0.25, 0.3) is 0 Å². The molecular weight excluding hydrogens is 290 g/mol. The quantitative estimate of drug-likeness (QED) is 0.869. The minimum atomic E-state index is -0.529. The molecule has 5 fully saturated rings. The molecule has 5 rings (SSSR count). The van der Waals surface area contributed by atoms with Gasteiger partial charge in [-0.1, -0.05) is 13.8 Å². The van der Waals surface area contributed by atoms with E-state index >= 15 is 0 Å². The van der Waals surface area contributed by atoms with Crippen LogP contribution in [0.1, 0.15) is 59.3 Å². The average Bonchev–Trinajstić information content (AvgIpc) is 2.82. The van der Waals surface area contributed by atoms with E-state index in [0.29, 0.717) is 42.4 Å². The Labute approximate surface area is 139 Å². The fourth-order valence-corrected chi connectivity index (χ4v) is 7.35. The predicted molar refractivity (Wildman–Crippen MR) is 87.8 cm³/mol. The zero-order valence-corrected chi connectivity index (χ0v) is 14.8. The van der Waals surface area contributed by atoms with E-state index in [1.54, 1.807) is 0 Å². The second-order valence-corrected chi connectivity index (χ2v) is 9.67. The van der Waals surface area contributed by atoms with Crippen molar-refractivity contribution in [2.24, 2.45) is 22.2 Å². The first-order valence-corrected chi connectivity index (χ1v) is 9.35.